The second-order valence-electron chi connectivity index (χ2n) is 10.4. The molecule has 41 heavy (non-hydrogen) atoms. The topological polar surface area (TPSA) is 86.8 Å². The molecule has 3 aromatic rings. The Morgan fingerprint density at radius 1 is 0.902 bits per heavy atom. The lowest BCUT2D eigenvalue weighted by molar-refractivity contribution is -0.140. The van der Waals surface area contributed by atoms with E-state index in [-0.39, 0.29) is 23.4 Å². The van der Waals surface area contributed by atoms with Crippen molar-refractivity contribution in [3.8, 4) is 0 Å². The zero-order valence-electron chi connectivity index (χ0n) is 23.6. The molecule has 218 valence electrons. The first kappa shape index (κ1) is 30.2. The minimum atomic E-state index is -4.12. The van der Waals surface area contributed by atoms with Crippen molar-refractivity contribution in [3.63, 3.8) is 0 Å². The minimum Gasteiger partial charge on any atom is -0.352 e. The average Bonchev–Trinajstić information content (AvgIpc) is 3.50. The number of aryl methyl sites for hydroxylation is 1. The smallest absolute Gasteiger partial charge is 0.264 e. The van der Waals surface area contributed by atoms with Crippen molar-refractivity contribution in [2.24, 2.45) is 0 Å². The van der Waals surface area contributed by atoms with Gasteiger partial charge in [0.1, 0.15) is 18.4 Å². The zero-order valence-corrected chi connectivity index (χ0v) is 24.4. The number of benzene rings is 3. The third kappa shape index (κ3) is 7.52. The van der Waals surface area contributed by atoms with E-state index in [1.54, 1.807) is 42.5 Å². The van der Waals surface area contributed by atoms with Crippen LogP contribution in [0.4, 0.5) is 10.1 Å². The van der Waals surface area contributed by atoms with Crippen LogP contribution in [-0.2, 0) is 32.6 Å². The number of nitrogens with zero attached hydrogens (tertiary/aromatic N) is 2. The molecule has 0 heterocycles. The lowest BCUT2D eigenvalue weighted by Gasteiger charge is -2.33. The summed E-state index contributed by atoms with van der Waals surface area (Å²) in [5.74, 6) is -1.20. The Morgan fingerprint density at radius 3 is 2.10 bits per heavy atom. The van der Waals surface area contributed by atoms with Crippen molar-refractivity contribution in [2.45, 2.75) is 75.9 Å². The van der Waals surface area contributed by atoms with E-state index in [9.17, 15) is 22.4 Å². The normalized spacial score (nSPS) is 14.4. The molecule has 1 atom stereocenters. The summed E-state index contributed by atoms with van der Waals surface area (Å²) in [6.07, 6.45) is 4.99. The molecular formula is C32H38FN3O4S. The van der Waals surface area contributed by atoms with E-state index < -0.39 is 34.3 Å². The molecule has 0 unspecified atom stereocenters. The SMILES string of the molecule is CCc1ccc(N(CC(=O)N(Cc2ccc(F)cc2)[C@@H](CC)C(=O)NC2CCCC2)S(=O)(=O)c2ccccc2)cc1. The Balaban J connectivity index is 1.70. The number of amides is 2. The number of carbonyl (C=O) groups excluding carboxylic acids is 2. The number of halogens is 1. The van der Waals surface area contributed by atoms with Crippen LogP contribution in [0.25, 0.3) is 0 Å². The maximum absolute atomic E-state index is 14.1. The highest BCUT2D eigenvalue weighted by Gasteiger charge is 2.34. The first-order valence-corrected chi connectivity index (χ1v) is 15.7. The van der Waals surface area contributed by atoms with E-state index in [2.05, 4.69) is 5.32 Å². The predicted molar refractivity (Wildman–Crippen MR) is 158 cm³/mol. The third-order valence-electron chi connectivity index (χ3n) is 7.60. The van der Waals surface area contributed by atoms with Gasteiger partial charge in [-0.2, -0.15) is 0 Å². The lowest BCUT2D eigenvalue weighted by Crippen LogP contribution is -2.53. The molecular weight excluding hydrogens is 541 g/mol. The molecule has 2 amide bonds. The third-order valence-corrected chi connectivity index (χ3v) is 9.38. The van der Waals surface area contributed by atoms with Gasteiger partial charge in [0.05, 0.1) is 10.6 Å². The van der Waals surface area contributed by atoms with E-state index in [1.165, 1.54) is 29.2 Å². The van der Waals surface area contributed by atoms with Crippen molar-refractivity contribution in [1.29, 1.82) is 0 Å². The summed E-state index contributed by atoms with van der Waals surface area (Å²) in [7, 11) is -4.12. The standard InChI is InChI=1S/C32H38FN3O4S/c1-3-24-16-20-28(21-17-24)36(41(39,40)29-12-6-5-7-13-29)23-31(37)35(22-25-14-18-26(33)19-15-25)30(4-2)32(38)34-27-10-8-9-11-27/h5-7,12-21,27,30H,3-4,8-11,22-23H2,1-2H3,(H,34,38)/t30-/m0/s1. The van der Waals surface area contributed by atoms with Crippen LogP contribution in [0, 0.1) is 5.82 Å². The Kier molecular flexibility index (Phi) is 10.2. The summed E-state index contributed by atoms with van der Waals surface area (Å²) >= 11 is 0. The van der Waals surface area contributed by atoms with Crippen LogP contribution in [0.5, 0.6) is 0 Å². The van der Waals surface area contributed by atoms with Crippen molar-refractivity contribution >= 4 is 27.5 Å². The van der Waals surface area contributed by atoms with Crippen LogP contribution in [0.2, 0.25) is 0 Å². The number of carbonyl (C=O) groups is 2. The molecule has 1 fully saturated rings. The molecule has 0 saturated heterocycles. The van der Waals surface area contributed by atoms with E-state index in [0.717, 1.165) is 42.0 Å². The van der Waals surface area contributed by atoms with Crippen LogP contribution in [0.3, 0.4) is 0 Å². The highest BCUT2D eigenvalue weighted by atomic mass is 32.2. The Bertz CT molecular complexity index is 1410. The number of hydrogen-bond acceptors (Lipinski definition) is 4. The monoisotopic (exact) mass is 579 g/mol. The van der Waals surface area contributed by atoms with Crippen LogP contribution in [-0.4, -0.2) is 43.8 Å². The number of anilines is 1. The second-order valence-corrected chi connectivity index (χ2v) is 12.3. The summed E-state index contributed by atoms with van der Waals surface area (Å²) in [6.45, 7) is 3.36. The van der Waals surface area contributed by atoms with Gasteiger partial charge in [0.15, 0.2) is 0 Å². The molecule has 7 nitrogen and oxygen atoms in total. The summed E-state index contributed by atoms with van der Waals surface area (Å²) < 4.78 is 42.5. The maximum atomic E-state index is 14.1. The van der Waals surface area contributed by atoms with Crippen LogP contribution < -0.4 is 9.62 Å². The fourth-order valence-corrected chi connectivity index (χ4v) is 6.66. The molecule has 1 aliphatic rings. The molecule has 1 N–H and O–H groups in total. The van der Waals surface area contributed by atoms with Gasteiger partial charge >= 0.3 is 0 Å². The highest BCUT2D eigenvalue weighted by Crippen LogP contribution is 2.26. The van der Waals surface area contributed by atoms with Gasteiger partial charge in [-0.25, -0.2) is 12.8 Å². The summed E-state index contributed by atoms with van der Waals surface area (Å²) in [5.41, 5.74) is 2.02. The Labute approximate surface area is 242 Å². The summed E-state index contributed by atoms with van der Waals surface area (Å²) in [5, 5.41) is 3.09. The number of nitrogens with one attached hydrogen (secondary N) is 1. The summed E-state index contributed by atoms with van der Waals surface area (Å²) in [6, 6.07) is 20.0. The van der Waals surface area contributed by atoms with Crippen LogP contribution >= 0.6 is 0 Å². The van der Waals surface area contributed by atoms with Gasteiger partial charge in [-0.1, -0.05) is 69.2 Å². The molecule has 0 radical (unpaired) electrons. The first-order valence-electron chi connectivity index (χ1n) is 14.2. The molecule has 9 heteroatoms. The lowest BCUT2D eigenvalue weighted by atomic mass is 10.1. The van der Waals surface area contributed by atoms with Crippen molar-refractivity contribution < 1.29 is 22.4 Å². The van der Waals surface area contributed by atoms with Gasteiger partial charge in [0.25, 0.3) is 10.0 Å². The minimum absolute atomic E-state index is 0.0315. The van der Waals surface area contributed by atoms with Gasteiger partial charge in [0, 0.05) is 12.6 Å². The molecule has 0 aromatic heterocycles. The molecule has 4 rings (SSSR count). The quantitative estimate of drug-likeness (QED) is 0.309. The molecule has 0 aliphatic heterocycles. The summed E-state index contributed by atoms with van der Waals surface area (Å²) in [4.78, 5) is 29.1. The number of hydrogen-bond donors (Lipinski definition) is 1. The van der Waals surface area contributed by atoms with Gasteiger partial charge < -0.3 is 10.2 Å². The molecule has 1 aliphatic carbocycles. The fourth-order valence-electron chi connectivity index (χ4n) is 5.22. The highest BCUT2D eigenvalue weighted by molar-refractivity contribution is 7.92. The molecule has 3 aromatic carbocycles. The largest absolute Gasteiger partial charge is 0.352 e. The number of rotatable bonds is 12. The van der Waals surface area contributed by atoms with Crippen LogP contribution in [0.1, 0.15) is 57.1 Å². The van der Waals surface area contributed by atoms with Crippen LogP contribution in [0.15, 0.2) is 83.8 Å². The predicted octanol–water partition coefficient (Wildman–Crippen LogP) is 5.45. The Morgan fingerprint density at radius 2 is 1.51 bits per heavy atom. The fraction of sp³-hybridized carbons (Fsp3) is 0.375. The van der Waals surface area contributed by atoms with Gasteiger partial charge in [-0.05, 0) is 73.2 Å². The van der Waals surface area contributed by atoms with Gasteiger partial charge in [0.2, 0.25) is 11.8 Å². The van der Waals surface area contributed by atoms with E-state index >= 15 is 0 Å². The van der Waals surface area contributed by atoms with Crippen molar-refractivity contribution in [1.82, 2.24) is 10.2 Å². The van der Waals surface area contributed by atoms with Gasteiger partial charge in [-0.3, -0.25) is 13.9 Å². The maximum Gasteiger partial charge on any atom is 0.264 e. The second kappa shape index (κ2) is 13.8. The van der Waals surface area contributed by atoms with Crippen molar-refractivity contribution in [3.05, 3.63) is 95.8 Å². The van der Waals surface area contributed by atoms with Crippen molar-refractivity contribution in [2.75, 3.05) is 10.8 Å². The van der Waals surface area contributed by atoms with E-state index in [0.29, 0.717) is 17.7 Å². The molecule has 0 spiro atoms. The number of sulfonamides is 1. The average molecular weight is 580 g/mol. The Hall–Kier alpha value is -3.72. The van der Waals surface area contributed by atoms with E-state index in [1.807, 2.05) is 26.0 Å². The zero-order chi connectivity index (χ0) is 29.4. The molecule has 1 saturated carbocycles. The van der Waals surface area contributed by atoms with Gasteiger partial charge in [-0.15, -0.1) is 0 Å². The molecule has 0 bridgehead atoms. The van der Waals surface area contributed by atoms with E-state index in [4.69, 9.17) is 0 Å². The first-order chi connectivity index (χ1) is 19.7.